The number of hydrogen-bond donors (Lipinski definition) is 1. The first-order valence-electron chi connectivity index (χ1n) is 8.32. The first kappa shape index (κ1) is 19.0. The monoisotopic (exact) mass is 388 g/mol. The van der Waals surface area contributed by atoms with E-state index >= 15 is 0 Å². The molecule has 142 valence electrons. The van der Waals surface area contributed by atoms with Gasteiger partial charge in [0, 0.05) is 5.56 Å². The van der Waals surface area contributed by atoms with Gasteiger partial charge in [-0.2, -0.15) is 15.1 Å². The van der Waals surface area contributed by atoms with Crippen molar-refractivity contribution in [2.75, 3.05) is 21.3 Å². The second-order valence-electron chi connectivity index (χ2n) is 5.69. The molecule has 9 heteroatoms. The summed E-state index contributed by atoms with van der Waals surface area (Å²) < 4.78 is 16.1. The minimum Gasteiger partial charge on any atom is -0.493 e. The highest BCUT2D eigenvalue weighted by Gasteiger charge is 2.35. The predicted molar refractivity (Wildman–Crippen MR) is 106 cm³/mol. The van der Waals surface area contributed by atoms with Crippen LogP contribution in [0.2, 0.25) is 0 Å². The van der Waals surface area contributed by atoms with Crippen LogP contribution in [0, 0.1) is 5.41 Å². The summed E-state index contributed by atoms with van der Waals surface area (Å²) in [5.74, 6) is 0.828. The Labute approximate surface area is 161 Å². The van der Waals surface area contributed by atoms with E-state index in [1.165, 1.54) is 38.1 Å². The van der Waals surface area contributed by atoms with Crippen molar-refractivity contribution in [2.24, 2.45) is 10.1 Å². The van der Waals surface area contributed by atoms with Crippen LogP contribution in [-0.4, -0.2) is 48.3 Å². The number of thioether (sulfide) groups is 1. The van der Waals surface area contributed by atoms with Gasteiger partial charge in [-0.15, -0.1) is 0 Å². The number of hydrazone groups is 1. The number of ether oxygens (including phenoxy) is 3. The summed E-state index contributed by atoms with van der Waals surface area (Å²) in [6, 6.07) is 3.44. The average molecular weight is 388 g/mol. The molecule has 0 spiro atoms. The lowest BCUT2D eigenvalue weighted by Gasteiger charge is -2.21. The minimum absolute atomic E-state index is 0.0135. The molecule has 0 bridgehead atoms. The van der Waals surface area contributed by atoms with E-state index < -0.39 is 5.91 Å². The van der Waals surface area contributed by atoms with Gasteiger partial charge >= 0.3 is 0 Å². The third kappa shape index (κ3) is 3.42. The molecule has 2 aliphatic heterocycles. The molecule has 0 aliphatic carbocycles. The summed E-state index contributed by atoms with van der Waals surface area (Å²) in [5, 5.41) is 15.5. The highest BCUT2D eigenvalue weighted by Crippen LogP contribution is 2.41. The molecule has 27 heavy (non-hydrogen) atoms. The number of benzene rings is 1. The second kappa shape index (κ2) is 7.83. The Morgan fingerprint density at radius 2 is 1.93 bits per heavy atom. The van der Waals surface area contributed by atoms with Crippen LogP contribution in [0.15, 0.2) is 27.8 Å². The zero-order chi connectivity index (χ0) is 19.6. The number of hydrogen-bond acceptors (Lipinski definition) is 7. The zero-order valence-corrected chi connectivity index (χ0v) is 16.3. The molecule has 2 heterocycles. The van der Waals surface area contributed by atoms with E-state index in [1.807, 2.05) is 6.92 Å². The molecular weight excluding hydrogens is 368 g/mol. The zero-order valence-electron chi connectivity index (χ0n) is 15.5. The number of nitrogens with zero attached hydrogens (tertiary/aromatic N) is 3. The molecule has 8 nitrogen and oxygen atoms in total. The Morgan fingerprint density at radius 3 is 2.56 bits per heavy atom. The fourth-order valence-corrected chi connectivity index (χ4v) is 3.73. The van der Waals surface area contributed by atoms with E-state index in [0.29, 0.717) is 28.0 Å². The van der Waals surface area contributed by atoms with Crippen LogP contribution in [0.3, 0.4) is 0 Å². The highest BCUT2D eigenvalue weighted by molar-refractivity contribution is 8.26. The van der Waals surface area contributed by atoms with Gasteiger partial charge in [-0.1, -0.05) is 6.92 Å². The van der Waals surface area contributed by atoms with Gasteiger partial charge in [-0.3, -0.25) is 10.2 Å². The number of rotatable bonds is 6. The maximum atomic E-state index is 12.5. The molecule has 0 atom stereocenters. The summed E-state index contributed by atoms with van der Waals surface area (Å²) in [5.41, 5.74) is 0.706. The molecule has 0 aromatic heterocycles. The molecule has 1 aromatic carbocycles. The SMILES string of the molecule is CCCC1=NN2C(=N)/C(=C\c3ccc(OC)c(OC)c3OC)C(=O)N=C2S1. The van der Waals surface area contributed by atoms with Crippen LogP contribution in [0.5, 0.6) is 17.2 Å². The Morgan fingerprint density at radius 1 is 1.19 bits per heavy atom. The fourth-order valence-electron chi connectivity index (χ4n) is 2.74. The van der Waals surface area contributed by atoms with E-state index in [2.05, 4.69) is 10.1 Å². The number of carbonyl (C=O) groups excluding carboxylic acids is 1. The van der Waals surface area contributed by atoms with Crippen molar-refractivity contribution in [1.82, 2.24) is 5.01 Å². The first-order chi connectivity index (χ1) is 13.0. The van der Waals surface area contributed by atoms with Crippen molar-refractivity contribution in [3.8, 4) is 17.2 Å². The van der Waals surface area contributed by atoms with E-state index in [9.17, 15) is 4.79 Å². The van der Waals surface area contributed by atoms with Gasteiger partial charge in [0.05, 0.1) is 26.9 Å². The summed E-state index contributed by atoms with van der Waals surface area (Å²) in [4.78, 5) is 16.6. The van der Waals surface area contributed by atoms with Gasteiger partial charge in [-0.25, -0.2) is 0 Å². The molecule has 0 unspecified atom stereocenters. The van der Waals surface area contributed by atoms with Gasteiger partial charge in [0.2, 0.25) is 10.9 Å². The quantitative estimate of drug-likeness (QED) is 0.752. The van der Waals surface area contributed by atoms with Crippen LogP contribution >= 0.6 is 11.8 Å². The standard InChI is InChI=1S/C18H20N4O4S/c1-5-6-13-21-22-16(19)11(17(23)20-18(22)27-13)9-10-7-8-12(24-2)15(26-4)14(10)25-3/h7-9,19H,5-6H2,1-4H3/b11-9+,19-16?. The van der Waals surface area contributed by atoms with Crippen LogP contribution in [0.4, 0.5) is 0 Å². The Kier molecular flexibility index (Phi) is 5.50. The van der Waals surface area contributed by atoms with Gasteiger partial charge in [-0.05, 0) is 42.8 Å². The average Bonchev–Trinajstić information content (AvgIpc) is 3.07. The molecule has 3 rings (SSSR count). The normalized spacial score (nSPS) is 17.6. The molecule has 0 saturated heterocycles. The predicted octanol–water partition coefficient (Wildman–Crippen LogP) is 3.13. The third-order valence-electron chi connectivity index (χ3n) is 3.99. The molecule has 1 aromatic rings. The lowest BCUT2D eigenvalue weighted by atomic mass is 10.1. The largest absolute Gasteiger partial charge is 0.493 e. The van der Waals surface area contributed by atoms with Crippen molar-refractivity contribution in [1.29, 1.82) is 5.41 Å². The van der Waals surface area contributed by atoms with Gasteiger partial charge in [0.25, 0.3) is 5.91 Å². The van der Waals surface area contributed by atoms with Crippen molar-refractivity contribution in [2.45, 2.75) is 19.8 Å². The Hall–Kier alpha value is -2.81. The summed E-state index contributed by atoms with van der Waals surface area (Å²) in [6.45, 7) is 2.05. The summed E-state index contributed by atoms with van der Waals surface area (Å²) in [6.07, 6.45) is 3.27. The summed E-state index contributed by atoms with van der Waals surface area (Å²) >= 11 is 1.33. The van der Waals surface area contributed by atoms with Crippen LogP contribution in [-0.2, 0) is 4.79 Å². The highest BCUT2D eigenvalue weighted by atomic mass is 32.2. The summed E-state index contributed by atoms with van der Waals surface area (Å²) in [7, 11) is 4.54. The lowest BCUT2D eigenvalue weighted by molar-refractivity contribution is -0.114. The third-order valence-corrected chi connectivity index (χ3v) is 4.96. The smallest absolute Gasteiger partial charge is 0.283 e. The minimum atomic E-state index is -0.483. The molecule has 1 N–H and O–H groups in total. The molecule has 2 aliphatic rings. The maximum absolute atomic E-state index is 12.5. The van der Waals surface area contributed by atoms with E-state index in [1.54, 1.807) is 18.2 Å². The molecule has 1 amide bonds. The van der Waals surface area contributed by atoms with Crippen molar-refractivity contribution >= 4 is 39.8 Å². The maximum Gasteiger partial charge on any atom is 0.283 e. The van der Waals surface area contributed by atoms with Crippen LogP contribution in [0.1, 0.15) is 25.3 Å². The lowest BCUT2D eigenvalue weighted by Crippen LogP contribution is -2.35. The molecule has 0 radical (unpaired) electrons. The van der Waals surface area contributed by atoms with Gasteiger partial charge in [0.15, 0.2) is 17.3 Å². The Bertz CT molecular complexity index is 892. The first-order valence-corrected chi connectivity index (χ1v) is 9.13. The van der Waals surface area contributed by atoms with Crippen molar-refractivity contribution in [3.05, 3.63) is 23.3 Å². The van der Waals surface area contributed by atoms with Gasteiger partial charge < -0.3 is 14.2 Å². The number of amidine groups is 2. The number of nitrogens with one attached hydrogen (secondary N) is 1. The fraction of sp³-hybridized carbons (Fsp3) is 0.333. The van der Waals surface area contributed by atoms with E-state index in [-0.39, 0.29) is 11.4 Å². The van der Waals surface area contributed by atoms with Crippen molar-refractivity contribution < 1.29 is 19.0 Å². The molecule has 0 saturated carbocycles. The van der Waals surface area contributed by atoms with E-state index in [4.69, 9.17) is 19.6 Å². The number of aliphatic imine (C=N–C) groups is 1. The Balaban J connectivity index is 2.03. The molecular formula is C18H20N4O4S. The van der Waals surface area contributed by atoms with E-state index in [0.717, 1.165) is 17.9 Å². The van der Waals surface area contributed by atoms with Gasteiger partial charge in [0.1, 0.15) is 5.04 Å². The van der Waals surface area contributed by atoms with Crippen molar-refractivity contribution in [3.63, 3.8) is 0 Å². The number of amides is 1. The number of fused-ring (bicyclic) bond motifs is 1. The topological polar surface area (TPSA) is 96.6 Å². The second-order valence-corrected chi connectivity index (χ2v) is 6.73. The van der Waals surface area contributed by atoms with Crippen LogP contribution < -0.4 is 14.2 Å². The van der Waals surface area contributed by atoms with Crippen LogP contribution in [0.25, 0.3) is 6.08 Å². The molecule has 0 fully saturated rings. The number of carbonyl (C=O) groups is 1. The number of methoxy groups -OCH3 is 3.